The highest BCUT2D eigenvalue weighted by atomic mass is 32.2. The minimum atomic E-state index is 0.0817. The summed E-state index contributed by atoms with van der Waals surface area (Å²) in [5, 5.41) is 3.88. The number of hydrogen-bond donors (Lipinski definition) is 0. The van der Waals surface area contributed by atoms with E-state index in [1.54, 1.807) is 17.7 Å². The van der Waals surface area contributed by atoms with Crippen LogP contribution in [0.25, 0.3) is 10.2 Å². The first kappa shape index (κ1) is 16.0. The Hall–Kier alpha value is -1.92. The van der Waals surface area contributed by atoms with E-state index in [0.29, 0.717) is 5.75 Å². The number of carbonyl (C=O) groups excluding carboxylic acids is 1. The van der Waals surface area contributed by atoms with Gasteiger partial charge in [-0.25, -0.2) is 9.97 Å². The summed E-state index contributed by atoms with van der Waals surface area (Å²) in [6.07, 6.45) is 1.56. The molecular weight excluding hydrogens is 326 g/mol. The number of anilines is 1. The maximum absolute atomic E-state index is 12.7. The second-order valence-electron chi connectivity index (χ2n) is 5.30. The minimum Gasteiger partial charge on any atom is -0.309 e. The van der Waals surface area contributed by atoms with Gasteiger partial charge in [-0.2, -0.15) is 0 Å². The predicted octanol–water partition coefficient (Wildman–Crippen LogP) is 4.23. The molecule has 0 aliphatic heterocycles. The lowest BCUT2D eigenvalue weighted by Crippen LogP contribution is -2.38. The molecule has 0 N–H and O–H groups in total. The maximum Gasteiger partial charge on any atom is 0.237 e. The highest BCUT2D eigenvalue weighted by molar-refractivity contribution is 8.00. The second-order valence-corrected chi connectivity index (χ2v) is 7.16. The first-order valence-electron chi connectivity index (χ1n) is 7.35. The quantitative estimate of drug-likeness (QED) is 0.514. The smallest absolute Gasteiger partial charge is 0.237 e. The van der Waals surface area contributed by atoms with Gasteiger partial charge in [0.2, 0.25) is 5.91 Å². The van der Waals surface area contributed by atoms with Crippen molar-refractivity contribution in [3.8, 4) is 0 Å². The van der Waals surface area contributed by atoms with Crippen LogP contribution in [0, 0.1) is 0 Å². The van der Waals surface area contributed by atoms with Gasteiger partial charge in [-0.3, -0.25) is 4.79 Å². The fraction of sp³-hybridized carbons (Fsp3) is 0.235. The fourth-order valence-electron chi connectivity index (χ4n) is 2.40. The van der Waals surface area contributed by atoms with Crippen LogP contribution in [0.15, 0.2) is 53.1 Å². The van der Waals surface area contributed by atoms with Crippen molar-refractivity contribution in [2.75, 3.05) is 10.7 Å². The summed E-state index contributed by atoms with van der Waals surface area (Å²) in [4.78, 5) is 24.0. The third-order valence-corrected chi connectivity index (χ3v) is 5.19. The molecule has 6 heteroatoms. The van der Waals surface area contributed by atoms with Gasteiger partial charge in [0.05, 0.1) is 5.75 Å². The number of rotatable bonds is 5. The van der Waals surface area contributed by atoms with E-state index in [0.717, 1.165) is 20.9 Å². The van der Waals surface area contributed by atoms with Gasteiger partial charge in [0.25, 0.3) is 0 Å². The van der Waals surface area contributed by atoms with E-state index in [9.17, 15) is 4.79 Å². The summed E-state index contributed by atoms with van der Waals surface area (Å²) in [5.41, 5.74) is 0.927. The average molecular weight is 343 g/mol. The molecule has 0 radical (unpaired) electrons. The Morgan fingerprint density at radius 3 is 2.74 bits per heavy atom. The molecule has 2 aromatic heterocycles. The highest BCUT2D eigenvalue weighted by Gasteiger charge is 2.19. The highest BCUT2D eigenvalue weighted by Crippen LogP contribution is 2.28. The van der Waals surface area contributed by atoms with Crippen molar-refractivity contribution < 1.29 is 4.79 Å². The molecule has 0 saturated heterocycles. The van der Waals surface area contributed by atoms with Gasteiger partial charge in [-0.1, -0.05) is 30.0 Å². The molecule has 3 rings (SSSR count). The molecule has 0 saturated carbocycles. The molecule has 0 fully saturated rings. The van der Waals surface area contributed by atoms with Crippen molar-refractivity contribution >= 4 is 44.9 Å². The van der Waals surface area contributed by atoms with Crippen LogP contribution in [-0.2, 0) is 4.79 Å². The molecule has 118 valence electrons. The van der Waals surface area contributed by atoms with E-state index in [4.69, 9.17) is 0 Å². The van der Waals surface area contributed by atoms with Gasteiger partial charge in [-0.05, 0) is 37.4 Å². The van der Waals surface area contributed by atoms with Crippen molar-refractivity contribution in [1.82, 2.24) is 9.97 Å². The summed E-state index contributed by atoms with van der Waals surface area (Å²) in [6.45, 7) is 4.05. The Balaban J connectivity index is 1.76. The zero-order valence-corrected chi connectivity index (χ0v) is 14.6. The number of para-hydroxylation sites is 1. The maximum atomic E-state index is 12.7. The van der Waals surface area contributed by atoms with Gasteiger partial charge >= 0.3 is 0 Å². The number of hydrogen-bond acceptors (Lipinski definition) is 5. The fourth-order valence-corrected chi connectivity index (χ4v) is 4.04. The summed E-state index contributed by atoms with van der Waals surface area (Å²) >= 11 is 3.05. The standard InChI is InChI=1S/C17H17N3OS2/c1-12(2)20(13-6-4-3-5-7-13)15(21)10-23-17-14-8-9-22-16(14)18-11-19-17/h3-9,11-12H,10H2,1-2H3. The minimum absolute atomic E-state index is 0.0817. The third-order valence-electron chi connectivity index (χ3n) is 3.38. The van der Waals surface area contributed by atoms with Gasteiger partial charge < -0.3 is 4.90 Å². The van der Waals surface area contributed by atoms with E-state index >= 15 is 0 Å². The summed E-state index contributed by atoms with van der Waals surface area (Å²) in [7, 11) is 0. The average Bonchev–Trinajstić information content (AvgIpc) is 3.03. The molecule has 2 heterocycles. The van der Waals surface area contributed by atoms with Crippen molar-refractivity contribution in [2.24, 2.45) is 0 Å². The number of thioether (sulfide) groups is 1. The Morgan fingerprint density at radius 2 is 2.00 bits per heavy atom. The second kappa shape index (κ2) is 7.10. The number of nitrogens with zero attached hydrogens (tertiary/aromatic N) is 3. The lowest BCUT2D eigenvalue weighted by Gasteiger charge is -2.26. The summed E-state index contributed by atoms with van der Waals surface area (Å²) in [5.74, 6) is 0.438. The molecule has 0 bridgehead atoms. The Labute approximate surface area is 143 Å². The van der Waals surface area contributed by atoms with E-state index in [1.807, 2.05) is 60.5 Å². The van der Waals surface area contributed by atoms with Crippen LogP contribution in [0.1, 0.15) is 13.8 Å². The van der Waals surface area contributed by atoms with Crippen molar-refractivity contribution in [3.05, 3.63) is 48.1 Å². The zero-order valence-electron chi connectivity index (χ0n) is 13.0. The number of fused-ring (bicyclic) bond motifs is 1. The van der Waals surface area contributed by atoms with Crippen LogP contribution in [0.4, 0.5) is 5.69 Å². The topological polar surface area (TPSA) is 46.1 Å². The van der Waals surface area contributed by atoms with Crippen molar-refractivity contribution in [3.63, 3.8) is 0 Å². The van der Waals surface area contributed by atoms with Crippen molar-refractivity contribution in [1.29, 1.82) is 0 Å². The van der Waals surface area contributed by atoms with Gasteiger partial charge in [0.1, 0.15) is 16.2 Å². The molecule has 3 aromatic rings. The predicted molar refractivity (Wildman–Crippen MR) is 97.2 cm³/mol. The molecule has 0 spiro atoms. The lowest BCUT2D eigenvalue weighted by atomic mass is 10.2. The normalized spacial score (nSPS) is 11.1. The SMILES string of the molecule is CC(C)N(C(=O)CSc1ncnc2sccc12)c1ccccc1. The van der Waals surface area contributed by atoms with Crippen LogP contribution >= 0.6 is 23.1 Å². The van der Waals surface area contributed by atoms with Crippen LogP contribution < -0.4 is 4.90 Å². The van der Waals surface area contributed by atoms with E-state index < -0.39 is 0 Å². The molecule has 1 aromatic carbocycles. The lowest BCUT2D eigenvalue weighted by molar-refractivity contribution is -0.116. The summed E-state index contributed by atoms with van der Waals surface area (Å²) < 4.78 is 0. The molecule has 0 unspecified atom stereocenters. The number of aromatic nitrogens is 2. The first-order valence-corrected chi connectivity index (χ1v) is 9.21. The number of thiophene rings is 1. The Kier molecular flexibility index (Phi) is 4.93. The first-order chi connectivity index (χ1) is 11.2. The van der Waals surface area contributed by atoms with Gasteiger partial charge in [-0.15, -0.1) is 11.3 Å². The van der Waals surface area contributed by atoms with Crippen LogP contribution in [0.3, 0.4) is 0 Å². The molecule has 0 atom stereocenters. The van der Waals surface area contributed by atoms with Crippen LogP contribution in [0.5, 0.6) is 0 Å². The largest absolute Gasteiger partial charge is 0.309 e. The molecular formula is C17H17N3OS2. The van der Waals surface area contributed by atoms with E-state index in [2.05, 4.69) is 9.97 Å². The number of benzene rings is 1. The molecule has 23 heavy (non-hydrogen) atoms. The van der Waals surface area contributed by atoms with Crippen LogP contribution in [-0.4, -0.2) is 27.7 Å². The van der Waals surface area contributed by atoms with Crippen LogP contribution in [0.2, 0.25) is 0 Å². The Bertz CT molecular complexity index is 802. The van der Waals surface area contributed by atoms with Gasteiger partial charge in [0, 0.05) is 17.1 Å². The number of carbonyl (C=O) groups is 1. The monoisotopic (exact) mass is 343 g/mol. The molecule has 1 amide bonds. The molecule has 0 aliphatic carbocycles. The van der Waals surface area contributed by atoms with E-state index in [1.165, 1.54) is 11.8 Å². The Morgan fingerprint density at radius 1 is 1.22 bits per heavy atom. The zero-order chi connectivity index (χ0) is 16.2. The third kappa shape index (κ3) is 3.54. The number of amides is 1. The van der Waals surface area contributed by atoms with Crippen molar-refractivity contribution in [2.45, 2.75) is 24.9 Å². The van der Waals surface area contributed by atoms with Gasteiger partial charge in [0.15, 0.2) is 0 Å². The van der Waals surface area contributed by atoms with E-state index in [-0.39, 0.29) is 11.9 Å². The molecule has 4 nitrogen and oxygen atoms in total. The summed E-state index contributed by atoms with van der Waals surface area (Å²) in [6, 6.07) is 11.9. The molecule has 0 aliphatic rings.